The highest BCUT2D eigenvalue weighted by molar-refractivity contribution is 6.23. The van der Waals surface area contributed by atoms with Gasteiger partial charge in [0.05, 0.1) is 0 Å². The van der Waals surface area contributed by atoms with Crippen molar-refractivity contribution in [3.8, 4) is 0 Å². The topological polar surface area (TPSA) is 0 Å². The van der Waals surface area contributed by atoms with Gasteiger partial charge in [0.15, 0.2) is 0 Å². The largest absolute Gasteiger partial charge is 0.119 e. The van der Waals surface area contributed by atoms with Crippen LogP contribution in [-0.2, 0) is 0 Å². The van der Waals surface area contributed by atoms with E-state index in [2.05, 4.69) is 20.8 Å². The third kappa shape index (κ3) is 21.3. The zero-order chi connectivity index (χ0) is 21.5. The minimum atomic E-state index is 0.107. The highest BCUT2D eigenvalue weighted by Crippen LogP contribution is 2.35. The first-order chi connectivity index (χ1) is 14.2. The van der Waals surface area contributed by atoms with Crippen molar-refractivity contribution >= 4 is 11.6 Å². The summed E-state index contributed by atoms with van der Waals surface area (Å²) in [4.78, 5) is 0.107. The van der Waals surface area contributed by atoms with Gasteiger partial charge in [0, 0.05) is 4.87 Å². The van der Waals surface area contributed by atoms with Crippen LogP contribution in [0.25, 0.3) is 0 Å². The summed E-state index contributed by atoms with van der Waals surface area (Å²) in [6.45, 7) is 6.90. The Balaban J connectivity index is 4.03. The quantitative estimate of drug-likeness (QED) is 0.106. The maximum atomic E-state index is 7.23. The first kappa shape index (κ1) is 29.3. The normalized spacial score (nSPS) is 12.0. The Bertz CT molecular complexity index is 253. The molecule has 1 heteroatoms. The summed E-state index contributed by atoms with van der Waals surface area (Å²) in [5.41, 5.74) is 0. The van der Waals surface area contributed by atoms with E-state index in [1.807, 2.05) is 0 Å². The van der Waals surface area contributed by atoms with Gasteiger partial charge in [-0.1, -0.05) is 156 Å². The third-order valence-corrected chi connectivity index (χ3v) is 7.25. The SMILES string of the molecule is CCCCCCCCCC(Cl)(CCCCCCCCC)CCCCCCCCC. The van der Waals surface area contributed by atoms with Gasteiger partial charge in [-0.05, 0) is 19.3 Å². The highest BCUT2D eigenvalue weighted by atomic mass is 35.5. The molecule has 0 amide bonds. The average molecular weight is 429 g/mol. The van der Waals surface area contributed by atoms with Crippen LogP contribution in [-0.4, -0.2) is 4.87 Å². The molecule has 0 aromatic carbocycles. The van der Waals surface area contributed by atoms with Crippen LogP contribution < -0.4 is 0 Å². The predicted molar refractivity (Wildman–Crippen MR) is 136 cm³/mol. The molecule has 0 saturated heterocycles. The number of unbranched alkanes of at least 4 members (excludes halogenated alkanes) is 18. The summed E-state index contributed by atoms with van der Waals surface area (Å²) in [5.74, 6) is 0. The smallest absolute Gasteiger partial charge is 0.0446 e. The van der Waals surface area contributed by atoms with Crippen LogP contribution in [0.5, 0.6) is 0 Å². The Labute approximate surface area is 191 Å². The van der Waals surface area contributed by atoms with E-state index in [1.54, 1.807) is 0 Å². The third-order valence-electron chi connectivity index (χ3n) is 6.69. The molecule has 0 spiro atoms. The van der Waals surface area contributed by atoms with Gasteiger partial charge >= 0.3 is 0 Å². The van der Waals surface area contributed by atoms with Gasteiger partial charge in [-0.3, -0.25) is 0 Å². The van der Waals surface area contributed by atoms with E-state index in [9.17, 15) is 0 Å². The summed E-state index contributed by atoms with van der Waals surface area (Å²) in [7, 11) is 0. The van der Waals surface area contributed by atoms with Crippen molar-refractivity contribution in [3.63, 3.8) is 0 Å². The Morgan fingerprint density at radius 3 is 0.793 bits per heavy atom. The first-order valence-corrected chi connectivity index (χ1v) is 14.2. The molecule has 0 bridgehead atoms. The van der Waals surface area contributed by atoms with E-state index in [4.69, 9.17) is 11.6 Å². The van der Waals surface area contributed by atoms with Gasteiger partial charge in [-0.15, -0.1) is 11.6 Å². The molecule has 29 heavy (non-hydrogen) atoms. The van der Waals surface area contributed by atoms with E-state index in [0.717, 1.165) is 0 Å². The first-order valence-electron chi connectivity index (χ1n) is 13.9. The van der Waals surface area contributed by atoms with Gasteiger partial charge in [0.2, 0.25) is 0 Å². The molecule has 176 valence electrons. The van der Waals surface area contributed by atoms with E-state index >= 15 is 0 Å². The van der Waals surface area contributed by atoms with E-state index in [0.29, 0.717) is 0 Å². The van der Waals surface area contributed by atoms with Crippen LogP contribution in [0, 0.1) is 0 Å². The lowest BCUT2D eigenvalue weighted by Crippen LogP contribution is -2.21. The molecule has 0 nitrogen and oxygen atoms in total. The van der Waals surface area contributed by atoms with Gasteiger partial charge in [-0.25, -0.2) is 0 Å². The Morgan fingerprint density at radius 1 is 0.345 bits per heavy atom. The fourth-order valence-corrected chi connectivity index (χ4v) is 4.97. The van der Waals surface area contributed by atoms with Crippen molar-refractivity contribution in [2.24, 2.45) is 0 Å². The molecule has 0 N–H and O–H groups in total. The fourth-order valence-electron chi connectivity index (χ4n) is 4.57. The molecule has 0 atom stereocenters. The second kappa shape index (κ2) is 23.0. The monoisotopic (exact) mass is 428 g/mol. The van der Waals surface area contributed by atoms with E-state index < -0.39 is 0 Å². The Kier molecular flexibility index (Phi) is 23.2. The lowest BCUT2D eigenvalue weighted by atomic mass is 9.88. The van der Waals surface area contributed by atoms with Crippen molar-refractivity contribution in [1.29, 1.82) is 0 Å². The van der Waals surface area contributed by atoms with Crippen LogP contribution in [0.15, 0.2) is 0 Å². The number of hydrogen-bond donors (Lipinski definition) is 0. The fraction of sp³-hybridized carbons (Fsp3) is 1.00. The van der Waals surface area contributed by atoms with E-state index in [1.165, 1.54) is 154 Å². The number of alkyl halides is 1. The number of hydrogen-bond acceptors (Lipinski definition) is 0. The molecule has 0 aromatic rings. The van der Waals surface area contributed by atoms with Crippen LogP contribution in [0.3, 0.4) is 0 Å². The van der Waals surface area contributed by atoms with Crippen molar-refractivity contribution in [2.45, 2.75) is 180 Å². The summed E-state index contributed by atoms with van der Waals surface area (Å²) in [5, 5.41) is 0. The predicted octanol–water partition coefficient (Wildman–Crippen LogP) is 11.4. The Hall–Kier alpha value is 0.290. The van der Waals surface area contributed by atoms with Gasteiger partial charge in [0.1, 0.15) is 0 Å². The molecule has 0 rings (SSSR count). The van der Waals surface area contributed by atoms with Gasteiger partial charge in [0.25, 0.3) is 0 Å². The zero-order valence-electron chi connectivity index (χ0n) is 20.8. The van der Waals surface area contributed by atoms with Crippen molar-refractivity contribution in [1.82, 2.24) is 0 Å². The molecule has 0 fully saturated rings. The molecule has 0 aromatic heterocycles. The standard InChI is InChI=1S/C28H57Cl/c1-4-7-10-13-16-19-22-25-28(29,26-23-20-17-14-11-8-5-2)27-24-21-18-15-12-9-6-3/h4-27H2,1-3H3. The lowest BCUT2D eigenvalue weighted by molar-refractivity contribution is 0.395. The summed E-state index contributed by atoms with van der Waals surface area (Å²) in [6.07, 6.45) is 33.1. The lowest BCUT2D eigenvalue weighted by Gasteiger charge is -2.27. The molecule has 0 saturated carbocycles. The molecule has 0 aliphatic carbocycles. The van der Waals surface area contributed by atoms with Crippen molar-refractivity contribution in [3.05, 3.63) is 0 Å². The zero-order valence-corrected chi connectivity index (χ0v) is 21.6. The maximum Gasteiger partial charge on any atom is 0.0446 e. The molecule has 0 aliphatic heterocycles. The average Bonchev–Trinajstić information content (AvgIpc) is 2.72. The molecular weight excluding hydrogens is 372 g/mol. The van der Waals surface area contributed by atoms with Crippen LogP contribution >= 0.6 is 11.6 Å². The molecular formula is C28H57Cl. The molecule has 0 radical (unpaired) electrons. The van der Waals surface area contributed by atoms with Crippen molar-refractivity contribution in [2.75, 3.05) is 0 Å². The maximum absolute atomic E-state index is 7.23. The van der Waals surface area contributed by atoms with Gasteiger partial charge in [-0.2, -0.15) is 0 Å². The van der Waals surface area contributed by atoms with Crippen LogP contribution in [0.4, 0.5) is 0 Å². The summed E-state index contributed by atoms with van der Waals surface area (Å²) in [6, 6.07) is 0. The molecule has 0 unspecified atom stereocenters. The van der Waals surface area contributed by atoms with Crippen LogP contribution in [0.2, 0.25) is 0 Å². The second-order valence-corrected chi connectivity index (χ2v) is 10.6. The van der Waals surface area contributed by atoms with Crippen LogP contribution in [0.1, 0.15) is 175 Å². The summed E-state index contributed by atoms with van der Waals surface area (Å²) < 4.78 is 0. The highest BCUT2D eigenvalue weighted by Gasteiger charge is 2.25. The number of halogens is 1. The second-order valence-electron chi connectivity index (χ2n) is 9.76. The molecule has 0 heterocycles. The Morgan fingerprint density at radius 2 is 0.552 bits per heavy atom. The van der Waals surface area contributed by atoms with Crippen molar-refractivity contribution < 1.29 is 0 Å². The van der Waals surface area contributed by atoms with E-state index in [-0.39, 0.29) is 4.87 Å². The molecule has 0 aliphatic rings. The number of rotatable bonds is 24. The van der Waals surface area contributed by atoms with Gasteiger partial charge < -0.3 is 0 Å². The minimum absolute atomic E-state index is 0.107. The minimum Gasteiger partial charge on any atom is -0.119 e. The summed E-state index contributed by atoms with van der Waals surface area (Å²) >= 11 is 7.23.